The van der Waals surface area contributed by atoms with Crippen LogP contribution in [0.2, 0.25) is 0 Å². The van der Waals surface area contributed by atoms with Gasteiger partial charge in [0.15, 0.2) is 11.5 Å². The van der Waals surface area contributed by atoms with Crippen molar-refractivity contribution in [2.75, 3.05) is 13.3 Å². The van der Waals surface area contributed by atoms with Crippen LogP contribution in [0.5, 0.6) is 11.5 Å². The van der Waals surface area contributed by atoms with Gasteiger partial charge in [0.1, 0.15) is 12.2 Å². The van der Waals surface area contributed by atoms with Crippen molar-refractivity contribution in [1.29, 1.82) is 0 Å². The van der Waals surface area contributed by atoms with Gasteiger partial charge in [-0.1, -0.05) is 6.08 Å². The monoisotopic (exact) mass is 303 g/mol. The summed E-state index contributed by atoms with van der Waals surface area (Å²) in [4.78, 5) is 2.23. The summed E-state index contributed by atoms with van der Waals surface area (Å²) in [6.45, 7) is 1.68. The average Bonchev–Trinajstić information content (AvgIpc) is 3.13. The minimum Gasteiger partial charge on any atom is -0.454 e. The van der Waals surface area contributed by atoms with Gasteiger partial charge in [-0.3, -0.25) is 4.90 Å². The summed E-state index contributed by atoms with van der Waals surface area (Å²) in [5.41, 5.74) is 2.89. The van der Waals surface area contributed by atoms with Crippen LogP contribution in [-0.4, -0.2) is 57.9 Å². The van der Waals surface area contributed by atoms with E-state index in [0.29, 0.717) is 5.75 Å². The minimum atomic E-state index is -1.16. The SMILES string of the molecule is O[C@@H]1[C@H](O)[C@H](O)C2=CCN3Cc4cc5c(cc4[C@@H]1[C@@H]23)OCO5. The third kappa shape index (κ3) is 1.48. The third-order valence-corrected chi connectivity index (χ3v) is 5.39. The molecular formula is C16H17NO5. The Kier molecular flexibility index (Phi) is 2.48. The van der Waals surface area contributed by atoms with E-state index in [2.05, 4.69) is 4.90 Å². The molecule has 116 valence electrons. The maximum absolute atomic E-state index is 10.6. The van der Waals surface area contributed by atoms with Crippen molar-refractivity contribution < 1.29 is 24.8 Å². The molecule has 0 radical (unpaired) electrons. The van der Waals surface area contributed by atoms with Crippen molar-refractivity contribution in [3.8, 4) is 11.5 Å². The molecule has 3 N–H and O–H groups in total. The molecule has 3 heterocycles. The fraction of sp³-hybridized carbons (Fsp3) is 0.500. The fourth-order valence-corrected chi connectivity index (χ4v) is 4.36. The summed E-state index contributed by atoms with van der Waals surface area (Å²) < 4.78 is 10.9. The summed E-state index contributed by atoms with van der Waals surface area (Å²) in [5.74, 6) is 1.16. The van der Waals surface area contributed by atoms with Crippen LogP contribution in [0.25, 0.3) is 0 Å². The molecule has 4 aliphatic rings. The molecule has 1 aromatic rings. The first-order chi connectivity index (χ1) is 10.6. The molecule has 6 heteroatoms. The highest BCUT2D eigenvalue weighted by molar-refractivity contribution is 5.53. The molecule has 1 aliphatic carbocycles. The summed E-state index contributed by atoms with van der Waals surface area (Å²) >= 11 is 0. The number of aliphatic hydroxyl groups excluding tert-OH is 3. The molecule has 1 fully saturated rings. The zero-order valence-electron chi connectivity index (χ0n) is 11.8. The van der Waals surface area contributed by atoms with E-state index in [-0.39, 0.29) is 18.8 Å². The Hall–Kier alpha value is -1.60. The Bertz CT molecular complexity index is 687. The summed E-state index contributed by atoms with van der Waals surface area (Å²) in [5, 5.41) is 31.0. The van der Waals surface area contributed by atoms with Crippen LogP contribution in [0.3, 0.4) is 0 Å². The van der Waals surface area contributed by atoms with Gasteiger partial charge in [0.25, 0.3) is 0 Å². The predicted octanol–water partition coefficient (Wildman–Crippen LogP) is -0.281. The van der Waals surface area contributed by atoms with Gasteiger partial charge in [-0.25, -0.2) is 0 Å². The molecule has 1 aromatic carbocycles. The Morgan fingerprint density at radius 1 is 1.05 bits per heavy atom. The number of aliphatic hydroxyl groups is 3. The van der Waals surface area contributed by atoms with Crippen molar-refractivity contribution in [2.45, 2.75) is 36.8 Å². The summed E-state index contributed by atoms with van der Waals surface area (Å²) in [6, 6.07) is 3.83. The number of hydrogen-bond acceptors (Lipinski definition) is 6. The van der Waals surface area contributed by atoms with Gasteiger partial charge in [0.2, 0.25) is 6.79 Å². The predicted molar refractivity (Wildman–Crippen MR) is 75.6 cm³/mol. The van der Waals surface area contributed by atoms with E-state index >= 15 is 0 Å². The second-order valence-corrected chi connectivity index (χ2v) is 6.43. The third-order valence-electron chi connectivity index (χ3n) is 5.39. The van der Waals surface area contributed by atoms with E-state index in [1.165, 1.54) is 0 Å². The highest BCUT2D eigenvalue weighted by Gasteiger charge is 2.53. The van der Waals surface area contributed by atoms with E-state index in [1.54, 1.807) is 0 Å². The molecule has 3 aliphatic heterocycles. The number of benzene rings is 1. The molecule has 22 heavy (non-hydrogen) atoms. The molecule has 6 nitrogen and oxygen atoms in total. The van der Waals surface area contributed by atoms with Crippen molar-refractivity contribution in [1.82, 2.24) is 4.90 Å². The molecule has 5 atom stereocenters. The largest absolute Gasteiger partial charge is 0.454 e. The maximum atomic E-state index is 10.6. The lowest BCUT2D eigenvalue weighted by Crippen LogP contribution is -2.57. The van der Waals surface area contributed by atoms with Crippen LogP contribution in [0.1, 0.15) is 17.0 Å². The van der Waals surface area contributed by atoms with E-state index in [1.807, 2.05) is 18.2 Å². The Balaban J connectivity index is 1.68. The van der Waals surface area contributed by atoms with Gasteiger partial charge in [-0.05, 0) is 28.8 Å². The number of ether oxygens (including phenoxy) is 2. The smallest absolute Gasteiger partial charge is 0.231 e. The molecule has 0 unspecified atom stereocenters. The lowest BCUT2D eigenvalue weighted by atomic mass is 9.70. The number of hydrogen-bond donors (Lipinski definition) is 3. The lowest BCUT2D eigenvalue weighted by molar-refractivity contribution is -0.0903. The molecule has 0 saturated heterocycles. The minimum absolute atomic E-state index is 0.0544. The van der Waals surface area contributed by atoms with Gasteiger partial charge in [0, 0.05) is 25.0 Å². The van der Waals surface area contributed by atoms with Crippen molar-refractivity contribution in [3.63, 3.8) is 0 Å². The van der Waals surface area contributed by atoms with E-state index < -0.39 is 18.3 Å². The second-order valence-electron chi connectivity index (χ2n) is 6.43. The van der Waals surface area contributed by atoms with E-state index in [4.69, 9.17) is 9.47 Å². The van der Waals surface area contributed by atoms with Gasteiger partial charge >= 0.3 is 0 Å². The molecule has 0 spiro atoms. The van der Waals surface area contributed by atoms with Gasteiger partial charge < -0.3 is 24.8 Å². The van der Waals surface area contributed by atoms with Gasteiger partial charge in [0.05, 0.1) is 6.10 Å². The summed E-state index contributed by atoms with van der Waals surface area (Å²) in [6.07, 6.45) is -1.18. The van der Waals surface area contributed by atoms with Crippen molar-refractivity contribution >= 4 is 0 Å². The zero-order valence-corrected chi connectivity index (χ0v) is 11.8. The first-order valence-electron chi connectivity index (χ1n) is 7.56. The molecule has 1 saturated carbocycles. The van der Waals surface area contributed by atoms with Gasteiger partial charge in [-0.15, -0.1) is 0 Å². The van der Waals surface area contributed by atoms with Crippen molar-refractivity contribution in [2.24, 2.45) is 0 Å². The molecule has 0 amide bonds. The standard InChI is InChI=1S/C16H17NO5/c18-14-8-1-2-17-5-7-3-10-11(22-6-21-10)4-9(7)12(13(8)17)15(19)16(14)20/h1,3-4,12-16,18-20H,2,5-6H2/t12-,13-,14-,15+,16-/m1/s1. The number of rotatable bonds is 0. The summed E-state index contributed by atoms with van der Waals surface area (Å²) in [7, 11) is 0. The zero-order chi connectivity index (χ0) is 15.0. The van der Waals surface area contributed by atoms with Crippen LogP contribution >= 0.6 is 0 Å². The highest BCUT2D eigenvalue weighted by atomic mass is 16.7. The van der Waals surface area contributed by atoms with E-state index in [9.17, 15) is 15.3 Å². The van der Waals surface area contributed by atoms with Crippen LogP contribution in [0.4, 0.5) is 0 Å². The van der Waals surface area contributed by atoms with Crippen LogP contribution in [0.15, 0.2) is 23.8 Å². The average molecular weight is 303 g/mol. The normalized spacial score (nSPS) is 38.5. The highest BCUT2D eigenvalue weighted by Crippen LogP contribution is 2.49. The van der Waals surface area contributed by atoms with Crippen LogP contribution in [-0.2, 0) is 6.54 Å². The first kappa shape index (κ1) is 12.9. The quantitative estimate of drug-likeness (QED) is 0.572. The van der Waals surface area contributed by atoms with Crippen LogP contribution in [0, 0.1) is 0 Å². The van der Waals surface area contributed by atoms with Crippen molar-refractivity contribution in [3.05, 3.63) is 34.9 Å². The second kappa shape index (κ2) is 4.23. The Labute approximate surface area is 127 Å². The lowest BCUT2D eigenvalue weighted by Gasteiger charge is -2.48. The Morgan fingerprint density at radius 3 is 2.64 bits per heavy atom. The molecular weight excluding hydrogens is 286 g/mol. The molecule has 5 rings (SSSR count). The number of nitrogens with zero attached hydrogens (tertiary/aromatic N) is 1. The first-order valence-corrected chi connectivity index (χ1v) is 7.56. The van der Waals surface area contributed by atoms with Crippen LogP contribution < -0.4 is 9.47 Å². The Morgan fingerprint density at radius 2 is 1.82 bits per heavy atom. The topological polar surface area (TPSA) is 82.4 Å². The maximum Gasteiger partial charge on any atom is 0.231 e. The van der Waals surface area contributed by atoms with Gasteiger partial charge in [-0.2, -0.15) is 0 Å². The molecule has 0 aromatic heterocycles. The molecule has 0 bridgehead atoms. The van der Waals surface area contributed by atoms with E-state index in [0.717, 1.165) is 35.5 Å². The fourth-order valence-electron chi connectivity index (χ4n) is 4.36. The number of fused-ring (bicyclic) bond motifs is 3.